The van der Waals surface area contributed by atoms with Gasteiger partial charge in [0.15, 0.2) is 15.0 Å². The number of hydrogen-bond acceptors (Lipinski definition) is 7. The van der Waals surface area contributed by atoms with E-state index in [1.165, 1.54) is 11.8 Å². The van der Waals surface area contributed by atoms with Gasteiger partial charge in [0.1, 0.15) is 17.9 Å². The second-order valence-electron chi connectivity index (χ2n) is 8.74. The molecule has 11 heteroatoms. The summed E-state index contributed by atoms with van der Waals surface area (Å²) in [5.41, 5.74) is 0.402. The van der Waals surface area contributed by atoms with Gasteiger partial charge >= 0.3 is 6.09 Å². The minimum absolute atomic E-state index is 0.0522. The van der Waals surface area contributed by atoms with Crippen molar-refractivity contribution in [3.05, 3.63) is 29.8 Å². The molecule has 0 bridgehead atoms. The first-order chi connectivity index (χ1) is 15.0. The van der Waals surface area contributed by atoms with Crippen molar-refractivity contribution in [1.82, 2.24) is 10.2 Å². The summed E-state index contributed by atoms with van der Waals surface area (Å²) in [5.74, 6) is 0.370. The zero-order valence-corrected chi connectivity index (χ0v) is 20.3. The Balaban J connectivity index is 1.67. The van der Waals surface area contributed by atoms with E-state index in [1.807, 2.05) is 29.2 Å². The highest BCUT2D eigenvalue weighted by Gasteiger charge is 2.48. The van der Waals surface area contributed by atoms with E-state index < -0.39 is 27.4 Å². The predicted molar refractivity (Wildman–Crippen MR) is 124 cm³/mol. The molecule has 1 aromatic rings. The lowest BCUT2D eigenvalue weighted by molar-refractivity contribution is -0.117. The summed E-state index contributed by atoms with van der Waals surface area (Å²) < 4.78 is 34.6. The van der Waals surface area contributed by atoms with Crippen molar-refractivity contribution in [2.24, 2.45) is 4.99 Å². The van der Waals surface area contributed by atoms with Gasteiger partial charge in [0.25, 0.3) is 5.91 Å². The molecule has 0 unspecified atom stereocenters. The molecular formula is C21H29N3O6S2. The molecule has 1 aromatic carbocycles. The second-order valence-corrected chi connectivity index (χ2v) is 12.1. The normalized spacial score (nSPS) is 23.1. The highest BCUT2D eigenvalue weighted by Crippen LogP contribution is 2.38. The number of amidine groups is 1. The number of hydrogen-bond donors (Lipinski definition) is 1. The molecule has 2 saturated heterocycles. The van der Waals surface area contributed by atoms with Crippen LogP contribution in [-0.2, 0) is 25.8 Å². The predicted octanol–water partition coefficient (Wildman–Crippen LogP) is 1.86. The molecule has 1 N–H and O–H groups in total. The van der Waals surface area contributed by atoms with Crippen molar-refractivity contribution >= 4 is 38.8 Å². The van der Waals surface area contributed by atoms with Crippen LogP contribution in [0.4, 0.5) is 4.79 Å². The number of nitrogens with zero attached hydrogens (tertiary/aromatic N) is 2. The molecule has 2 aliphatic rings. The number of ether oxygens (including phenoxy) is 2. The molecule has 9 nitrogen and oxygen atoms in total. The van der Waals surface area contributed by atoms with Gasteiger partial charge in [-0.15, -0.1) is 0 Å². The van der Waals surface area contributed by atoms with Crippen LogP contribution in [-0.4, -0.2) is 79.1 Å². The summed E-state index contributed by atoms with van der Waals surface area (Å²) in [6.45, 7) is 5.44. The van der Waals surface area contributed by atoms with Crippen LogP contribution < -0.4 is 10.1 Å². The number of fused-ring (bicyclic) bond motifs is 1. The molecule has 32 heavy (non-hydrogen) atoms. The first kappa shape index (κ1) is 24.4. The van der Waals surface area contributed by atoms with E-state index in [4.69, 9.17) is 9.47 Å². The molecule has 2 heterocycles. The fourth-order valence-corrected chi connectivity index (χ4v) is 7.54. The quantitative estimate of drug-likeness (QED) is 0.652. The Hall–Kier alpha value is -2.27. The van der Waals surface area contributed by atoms with Crippen molar-refractivity contribution in [2.75, 3.05) is 31.7 Å². The van der Waals surface area contributed by atoms with Gasteiger partial charge in [-0.2, -0.15) is 4.99 Å². The topological polar surface area (TPSA) is 114 Å². The van der Waals surface area contributed by atoms with Crippen LogP contribution in [0.5, 0.6) is 5.75 Å². The third-order valence-electron chi connectivity index (χ3n) is 4.98. The summed E-state index contributed by atoms with van der Waals surface area (Å²) in [6.07, 6.45) is -0.0264. The molecule has 0 spiro atoms. The Morgan fingerprint density at radius 2 is 1.91 bits per heavy atom. The van der Waals surface area contributed by atoms with Crippen LogP contribution in [0.1, 0.15) is 26.3 Å². The Morgan fingerprint density at radius 3 is 2.53 bits per heavy atom. The van der Waals surface area contributed by atoms with Gasteiger partial charge in [0.2, 0.25) is 0 Å². The molecule has 3 rings (SSSR count). The molecule has 0 saturated carbocycles. The summed E-state index contributed by atoms with van der Waals surface area (Å²) in [5, 5.41) is 2.75. The highest BCUT2D eigenvalue weighted by molar-refractivity contribution is 8.15. The Kier molecular flexibility index (Phi) is 7.39. The van der Waals surface area contributed by atoms with E-state index >= 15 is 0 Å². The zero-order chi connectivity index (χ0) is 23.5. The number of methoxy groups -OCH3 is 1. The second kappa shape index (κ2) is 9.70. The maximum atomic E-state index is 12.4. The minimum atomic E-state index is -3.11. The molecule has 0 aromatic heterocycles. The maximum Gasteiger partial charge on any atom is 0.408 e. The number of rotatable bonds is 6. The number of carbonyl (C=O) groups excluding carboxylic acids is 2. The van der Waals surface area contributed by atoms with E-state index in [1.54, 1.807) is 27.9 Å². The summed E-state index contributed by atoms with van der Waals surface area (Å²) in [4.78, 5) is 30.2. The van der Waals surface area contributed by atoms with Crippen LogP contribution in [0, 0.1) is 0 Å². The smallest absolute Gasteiger partial charge is 0.408 e. The number of amides is 2. The third-order valence-corrected chi connectivity index (χ3v) is 8.23. The monoisotopic (exact) mass is 483 g/mol. The van der Waals surface area contributed by atoms with Crippen molar-refractivity contribution in [2.45, 2.75) is 44.1 Å². The maximum absolute atomic E-state index is 12.4. The summed E-state index contributed by atoms with van der Waals surface area (Å²) in [7, 11) is -1.51. The Morgan fingerprint density at radius 1 is 1.22 bits per heavy atom. The average Bonchev–Trinajstić information content (AvgIpc) is 3.15. The largest absolute Gasteiger partial charge is 0.497 e. The SMILES string of the molecule is COc1ccc(CCN2C(=NC(=O)CNC(=O)OC(C)(C)C)S[C@H]3CS(=O)(=O)C[C@H]32)cc1. The first-order valence-corrected chi connectivity index (χ1v) is 13.0. The molecule has 2 amide bonds. The molecule has 0 radical (unpaired) electrons. The Labute approximate surface area is 192 Å². The number of nitrogens with one attached hydrogen (secondary N) is 1. The van der Waals surface area contributed by atoms with Crippen molar-refractivity contribution in [3.63, 3.8) is 0 Å². The van der Waals surface area contributed by atoms with Gasteiger partial charge in [-0.25, -0.2) is 13.2 Å². The van der Waals surface area contributed by atoms with E-state index in [2.05, 4.69) is 10.3 Å². The summed E-state index contributed by atoms with van der Waals surface area (Å²) in [6, 6.07) is 7.44. The number of carbonyl (C=O) groups is 2. The van der Waals surface area contributed by atoms with Crippen LogP contribution in [0.25, 0.3) is 0 Å². The molecule has 2 aliphatic heterocycles. The van der Waals surface area contributed by atoms with Gasteiger partial charge in [0.05, 0.1) is 24.7 Å². The molecule has 2 fully saturated rings. The minimum Gasteiger partial charge on any atom is -0.497 e. The van der Waals surface area contributed by atoms with E-state index in [-0.39, 0.29) is 29.3 Å². The molecule has 0 aliphatic carbocycles. The third kappa shape index (κ3) is 6.61. The first-order valence-electron chi connectivity index (χ1n) is 10.3. The lowest BCUT2D eigenvalue weighted by Crippen LogP contribution is -2.39. The van der Waals surface area contributed by atoms with Crippen molar-refractivity contribution in [3.8, 4) is 5.75 Å². The van der Waals surface area contributed by atoms with Gasteiger partial charge in [-0.1, -0.05) is 23.9 Å². The molecular weight excluding hydrogens is 454 g/mol. The molecule has 2 atom stereocenters. The molecule has 176 valence electrons. The van der Waals surface area contributed by atoms with Crippen LogP contribution >= 0.6 is 11.8 Å². The number of benzene rings is 1. The number of alkyl carbamates (subject to hydrolysis) is 1. The van der Waals surface area contributed by atoms with E-state index in [0.717, 1.165) is 11.3 Å². The van der Waals surface area contributed by atoms with Crippen molar-refractivity contribution < 1.29 is 27.5 Å². The zero-order valence-electron chi connectivity index (χ0n) is 18.7. The lowest BCUT2D eigenvalue weighted by atomic mass is 10.1. The van der Waals surface area contributed by atoms with Crippen molar-refractivity contribution in [1.29, 1.82) is 0 Å². The van der Waals surface area contributed by atoms with E-state index in [9.17, 15) is 18.0 Å². The lowest BCUT2D eigenvalue weighted by Gasteiger charge is -2.24. The van der Waals surface area contributed by atoms with Gasteiger partial charge in [-0.3, -0.25) is 4.79 Å². The average molecular weight is 484 g/mol. The number of thioether (sulfide) groups is 1. The number of sulfone groups is 1. The Bertz CT molecular complexity index is 986. The van der Waals surface area contributed by atoms with Crippen LogP contribution in [0.2, 0.25) is 0 Å². The van der Waals surface area contributed by atoms with E-state index in [0.29, 0.717) is 18.1 Å². The standard InChI is InChI=1S/C21H29N3O6S2/c1-21(2,3)30-20(26)22-11-18(25)23-19-24(16-12-32(27,28)13-17(16)31-19)10-9-14-5-7-15(29-4)8-6-14/h5-8,16-17H,9-13H2,1-4H3,(H,22,26)/t16-,17+/m1/s1. The number of aliphatic imine (C=N–C) groups is 1. The highest BCUT2D eigenvalue weighted by atomic mass is 32.2. The van der Waals surface area contributed by atoms with Crippen LogP contribution in [0.15, 0.2) is 29.3 Å². The van der Waals surface area contributed by atoms with Gasteiger partial charge in [0, 0.05) is 11.8 Å². The summed E-state index contributed by atoms with van der Waals surface area (Å²) >= 11 is 1.32. The van der Waals surface area contributed by atoms with Gasteiger partial charge < -0.3 is 19.7 Å². The van der Waals surface area contributed by atoms with Crippen LogP contribution in [0.3, 0.4) is 0 Å². The fraction of sp³-hybridized carbons (Fsp3) is 0.571. The van der Waals surface area contributed by atoms with Gasteiger partial charge in [-0.05, 0) is 44.9 Å². The fourth-order valence-electron chi connectivity index (χ4n) is 3.55.